The van der Waals surface area contributed by atoms with E-state index in [0.29, 0.717) is 6.61 Å². The Morgan fingerprint density at radius 1 is 1.26 bits per heavy atom. The number of rotatable bonds is 5. The molecule has 0 bridgehead atoms. The molecule has 1 aromatic heterocycles. The fourth-order valence-corrected chi connectivity index (χ4v) is 3.05. The second-order valence-corrected chi connectivity index (χ2v) is 6.15. The van der Waals surface area contributed by atoms with Crippen LogP contribution in [0.1, 0.15) is 40.3 Å². The van der Waals surface area contributed by atoms with E-state index in [1.807, 2.05) is 31.2 Å². The van der Waals surface area contributed by atoms with Crippen molar-refractivity contribution in [3.8, 4) is 5.75 Å². The number of hydrogen-bond donors (Lipinski definition) is 1. The van der Waals surface area contributed by atoms with Crippen LogP contribution in [0.4, 0.5) is 0 Å². The first kappa shape index (κ1) is 14.1. The zero-order chi connectivity index (χ0) is 13.8. The summed E-state index contributed by atoms with van der Waals surface area (Å²) in [4.78, 5) is 2.40. The molecule has 1 unspecified atom stereocenters. The van der Waals surface area contributed by atoms with E-state index in [-0.39, 0.29) is 0 Å². The Balaban J connectivity index is 2.23. The van der Waals surface area contributed by atoms with Gasteiger partial charge < -0.3 is 9.84 Å². The summed E-state index contributed by atoms with van der Waals surface area (Å²) in [5.74, 6) is 0.822. The van der Waals surface area contributed by atoms with Crippen molar-refractivity contribution in [2.75, 3.05) is 6.61 Å². The molecule has 0 saturated carbocycles. The van der Waals surface area contributed by atoms with Crippen molar-refractivity contribution >= 4 is 11.3 Å². The van der Waals surface area contributed by atoms with Crippen LogP contribution in [0.25, 0.3) is 0 Å². The monoisotopic (exact) mass is 276 g/mol. The van der Waals surface area contributed by atoms with Gasteiger partial charge in [0.15, 0.2) is 0 Å². The first-order valence-corrected chi connectivity index (χ1v) is 7.41. The lowest BCUT2D eigenvalue weighted by Crippen LogP contribution is -2.01. The highest BCUT2D eigenvalue weighted by molar-refractivity contribution is 7.12. The van der Waals surface area contributed by atoms with Gasteiger partial charge in [-0.3, -0.25) is 0 Å². The highest BCUT2D eigenvalue weighted by Crippen LogP contribution is 2.31. The van der Waals surface area contributed by atoms with Gasteiger partial charge in [0.1, 0.15) is 11.9 Å². The van der Waals surface area contributed by atoms with Gasteiger partial charge in [-0.15, -0.1) is 11.3 Å². The third kappa shape index (κ3) is 3.37. The molecule has 0 fully saturated rings. The van der Waals surface area contributed by atoms with Gasteiger partial charge in [-0.25, -0.2) is 0 Å². The first-order chi connectivity index (χ1) is 9.11. The molecule has 0 spiro atoms. The molecule has 1 aromatic carbocycles. The molecular weight excluding hydrogens is 256 g/mol. The molecular formula is C16H20O2S. The molecule has 0 saturated heterocycles. The minimum Gasteiger partial charge on any atom is -0.494 e. The van der Waals surface area contributed by atoms with Gasteiger partial charge in [0, 0.05) is 9.75 Å². The molecule has 2 aromatic rings. The van der Waals surface area contributed by atoms with Crippen LogP contribution < -0.4 is 4.74 Å². The maximum absolute atomic E-state index is 10.5. The van der Waals surface area contributed by atoms with Crippen molar-refractivity contribution in [1.82, 2.24) is 0 Å². The van der Waals surface area contributed by atoms with Crippen LogP contribution >= 0.6 is 11.3 Å². The zero-order valence-electron chi connectivity index (χ0n) is 11.6. The smallest absolute Gasteiger partial charge is 0.119 e. The highest BCUT2D eigenvalue weighted by Gasteiger charge is 2.15. The molecule has 0 amide bonds. The van der Waals surface area contributed by atoms with E-state index in [2.05, 4.69) is 19.9 Å². The molecule has 1 atom stereocenters. The third-order valence-electron chi connectivity index (χ3n) is 3.02. The lowest BCUT2D eigenvalue weighted by molar-refractivity contribution is 0.219. The normalized spacial score (nSPS) is 12.4. The van der Waals surface area contributed by atoms with Crippen LogP contribution in [-0.2, 0) is 0 Å². The second-order valence-electron chi connectivity index (χ2n) is 4.69. The summed E-state index contributed by atoms with van der Waals surface area (Å²) in [7, 11) is 0. The molecule has 102 valence electrons. The van der Waals surface area contributed by atoms with Gasteiger partial charge in [-0.05, 0) is 49.6 Å². The highest BCUT2D eigenvalue weighted by atomic mass is 32.1. The summed E-state index contributed by atoms with van der Waals surface area (Å²) in [5.41, 5.74) is 1.88. The predicted molar refractivity (Wildman–Crippen MR) is 80.1 cm³/mol. The van der Waals surface area contributed by atoms with Crippen LogP contribution in [0.5, 0.6) is 5.75 Å². The summed E-state index contributed by atoms with van der Waals surface area (Å²) < 4.78 is 5.61. The topological polar surface area (TPSA) is 29.5 Å². The molecule has 1 N–H and O–H groups in total. The Morgan fingerprint density at radius 2 is 2.05 bits per heavy atom. The number of benzene rings is 1. The number of aliphatic hydroxyl groups excluding tert-OH is 1. The summed E-state index contributed by atoms with van der Waals surface area (Å²) in [6, 6.07) is 9.78. The second kappa shape index (κ2) is 6.22. The van der Waals surface area contributed by atoms with Crippen molar-refractivity contribution in [2.45, 2.75) is 33.3 Å². The Hall–Kier alpha value is -1.32. The van der Waals surface area contributed by atoms with Crippen molar-refractivity contribution in [1.29, 1.82) is 0 Å². The average molecular weight is 276 g/mol. The number of hydrogen-bond acceptors (Lipinski definition) is 3. The SMILES string of the molecule is CCCOc1cccc(C(O)c2cc(C)sc2C)c1. The molecule has 3 heteroatoms. The van der Waals surface area contributed by atoms with E-state index in [4.69, 9.17) is 4.74 Å². The van der Waals surface area contributed by atoms with Gasteiger partial charge in [0.2, 0.25) is 0 Å². The molecule has 2 rings (SSSR count). The minimum atomic E-state index is -0.574. The van der Waals surface area contributed by atoms with Gasteiger partial charge in [-0.2, -0.15) is 0 Å². The van der Waals surface area contributed by atoms with Gasteiger partial charge in [-0.1, -0.05) is 19.1 Å². The lowest BCUT2D eigenvalue weighted by atomic mass is 10.0. The van der Waals surface area contributed by atoms with Crippen LogP contribution in [0.15, 0.2) is 30.3 Å². The quantitative estimate of drug-likeness (QED) is 0.885. The van der Waals surface area contributed by atoms with E-state index in [1.165, 1.54) is 9.75 Å². The van der Waals surface area contributed by atoms with E-state index in [1.54, 1.807) is 11.3 Å². The van der Waals surface area contributed by atoms with Gasteiger partial charge >= 0.3 is 0 Å². The lowest BCUT2D eigenvalue weighted by Gasteiger charge is -2.13. The van der Waals surface area contributed by atoms with Gasteiger partial charge in [0.25, 0.3) is 0 Å². The number of thiophene rings is 1. The van der Waals surface area contributed by atoms with Crippen molar-refractivity contribution in [2.24, 2.45) is 0 Å². The maximum Gasteiger partial charge on any atom is 0.119 e. The summed E-state index contributed by atoms with van der Waals surface area (Å²) in [6.07, 6.45) is 0.408. The third-order valence-corrected chi connectivity index (χ3v) is 4.00. The molecule has 1 heterocycles. The molecule has 0 aliphatic rings. The summed E-state index contributed by atoms with van der Waals surface area (Å²) in [5, 5.41) is 10.5. The van der Waals surface area contributed by atoms with E-state index >= 15 is 0 Å². The van der Waals surface area contributed by atoms with Gasteiger partial charge in [0.05, 0.1) is 6.61 Å². The molecule has 0 aliphatic heterocycles. The fraction of sp³-hybridized carbons (Fsp3) is 0.375. The van der Waals surface area contributed by atoms with Crippen molar-refractivity contribution in [3.05, 3.63) is 51.2 Å². The van der Waals surface area contributed by atoms with Crippen molar-refractivity contribution < 1.29 is 9.84 Å². The van der Waals surface area contributed by atoms with Crippen LogP contribution in [0.2, 0.25) is 0 Å². The minimum absolute atomic E-state index is 0.574. The van der Waals surface area contributed by atoms with Crippen LogP contribution in [0, 0.1) is 13.8 Å². The van der Waals surface area contributed by atoms with Crippen molar-refractivity contribution in [3.63, 3.8) is 0 Å². The van der Waals surface area contributed by atoms with E-state index in [9.17, 15) is 5.11 Å². The number of ether oxygens (including phenoxy) is 1. The molecule has 0 aliphatic carbocycles. The van der Waals surface area contributed by atoms with E-state index in [0.717, 1.165) is 23.3 Å². The number of aliphatic hydroxyl groups is 1. The Kier molecular flexibility index (Phi) is 4.61. The summed E-state index contributed by atoms with van der Waals surface area (Å²) >= 11 is 1.72. The average Bonchev–Trinajstić information content (AvgIpc) is 2.75. The fourth-order valence-electron chi connectivity index (χ4n) is 2.10. The number of aryl methyl sites for hydroxylation is 2. The first-order valence-electron chi connectivity index (χ1n) is 6.59. The maximum atomic E-state index is 10.5. The summed E-state index contributed by atoms with van der Waals surface area (Å²) in [6.45, 7) is 6.90. The van der Waals surface area contributed by atoms with Crippen LogP contribution in [0.3, 0.4) is 0 Å². The standard InChI is InChI=1S/C16H20O2S/c1-4-8-18-14-7-5-6-13(10-14)16(17)15-9-11(2)19-12(15)3/h5-7,9-10,16-17H,4,8H2,1-3H3. The van der Waals surface area contributed by atoms with Crippen LogP contribution in [-0.4, -0.2) is 11.7 Å². The zero-order valence-corrected chi connectivity index (χ0v) is 12.5. The molecule has 19 heavy (non-hydrogen) atoms. The molecule has 0 radical (unpaired) electrons. The molecule has 2 nitrogen and oxygen atoms in total. The Labute approximate surface area is 118 Å². The largest absolute Gasteiger partial charge is 0.494 e. The van der Waals surface area contributed by atoms with E-state index < -0.39 is 6.10 Å². The Morgan fingerprint density at radius 3 is 2.68 bits per heavy atom. The predicted octanol–water partition coefficient (Wildman–Crippen LogP) is 4.24. The Bertz CT molecular complexity index is 545.